The summed E-state index contributed by atoms with van der Waals surface area (Å²) in [5, 5.41) is 2.98. The van der Waals surface area contributed by atoms with Crippen LogP contribution in [0.25, 0.3) is 11.5 Å². The van der Waals surface area contributed by atoms with E-state index in [2.05, 4.69) is 10.3 Å². The van der Waals surface area contributed by atoms with Crippen molar-refractivity contribution in [2.75, 3.05) is 18.5 Å². The van der Waals surface area contributed by atoms with E-state index < -0.39 is 9.84 Å². The fraction of sp³-hybridized carbons (Fsp3) is 0.250. The molecule has 2 heterocycles. The van der Waals surface area contributed by atoms with Gasteiger partial charge in [0.05, 0.1) is 11.0 Å². The Morgan fingerprint density at radius 3 is 2.41 bits per heavy atom. The van der Waals surface area contributed by atoms with E-state index in [1.54, 1.807) is 30.3 Å². The van der Waals surface area contributed by atoms with E-state index in [1.165, 1.54) is 0 Å². The predicted octanol–water partition coefficient (Wildman–Crippen LogP) is 3.77. The number of ether oxygens (including phenoxy) is 1. The van der Waals surface area contributed by atoms with Crippen LogP contribution in [0.4, 0.5) is 5.88 Å². The minimum atomic E-state index is -3.81. The van der Waals surface area contributed by atoms with Gasteiger partial charge < -0.3 is 14.5 Å². The third-order valence-electron chi connectivity index (χ3n) is 4.44. The number of rotatable bonds is 6. The Labute approximate surface area is 158 Å². The highest BCUT2D eigenvalue weighted by Crippen LogP contribution is 2.32. The zero-order valence-electron chi connectivity index (χ0n) is 14.7. The second-order valence-electron chi connectivity index (χ2n) is 6.35. The van der Waals surface area contributed by atoms with Gasteiger partial charge >= 0.3 is 0 Å². The third-order valence-corrected chi connectivity index (χ3v) is 6.12. The zero-order chi connectivity index (χ0) is 18.7. The summed E-state index contributed by atoms with van der Waals surface area (Å²) >= 11 is 0. The number of oxazole rings is 1. The lowest BCUT2D eigenvalue weighted by Crippen LogP contribution is -2.19. The molecule has 1 unspecified atom stereocenters. The van der Waals surface area contributed by atoms with Gasteiger partial charge in [0.15, 0.2) is 0 Å². The molecule has 0 aliphatic carbocycles. The average Bonchev–Trinajstić information content (AvgIpc) is 3.38. The van der Waals surface area contributed by atoms with Crippen molar-refractivity contribution in [2.24, 2.45) is 0 Å². The number of anilines is 1. The highest BCUT2D eigenvalue weighted by Gasteiger charge is 2.29. The topological polar surface area (TPSA) is 81.4 Å². The molecule has 3 aromatic rings. The maximum Gasteiger partial charge on any atom is 0.233 e. The van der Waals surface area contributed by atoms with Crippen LogP contribution in [0.3, 0.4) is 0 Å². The Kier molecular flexibility index (Phi) is 4.96. The summed E-state index contributed by atoms with van der Waals surface area (Å²) in [5.74, 6) is 0.410. The van der Waals surface area contributed by atoms with E-state index in [4.69, 9.17) is 9.15 Å². The molecule has 1 fully saturated rings. The molecule has 4 rings (SSSR count). The van der Waals surface area contributed by atoms with Crippen LogP contribution in [-0.4, -0.2) is 32.7 Å². The lowest BCUT2D eigenvalue weighted by molar-refractivity contribution is 0.120. The van der Waals surface area contributed by atoms with Crippen molar-refractivity contribution < 1.29 is 17.6 Å². The maximum absolute atomic E-state index is 13.1. The van der Waals surface area contributed by atoms with Gasteiger partial charge in [-0.15, -0.1) is 0 Å². The number of hydrogen-bond acceptors (Lipinski definition) is 6. The SMILES string of the molecule is O=S(=O)(c1ccccc1)c1nc(-c2ccccc2)oc1NCC1CCCO1. The summed E-state index contributed by atoms with van der Waals surface area (Å²) in [6.07, 6.45) is 1.99. The molecule has 27 heavy (non-hydrogen) atoms. The number of nitrogens with zero attached hydrogens (tertiary/aromatic N) is 1. The highest BCUT2D eigenvalue weighted by atomic mass is 32.2. The van der Waals surface area contributed by atoms with Crippen molar-refractivity contribution in [1.82, 2.24) is 4.98 Å². The van der Waals surface area contributed by atoms with E-state index in [0.717, 1.165) is 19.4 Å². The van der Waals surface area contributed by atoms with Crippen LogP contribution in [0.2, 0.25) is 0 Å². The lowest BCUT2D eigenvalue weighted by Gasteiger charge is -2.10. The normalized spacial score (nSPS) is 17.1. The third kappa shape index (κ3) is 3.74. The number of nitrogens with one attached hydrogen (secondary N) is 1. The molecule has 1 N–H and O–H groups in total. The van der Waals surface area contributed by atoms with Crippen LogP contribution in [0.15, 0.2) is 75.0 Å². The van der Waals surface area contributed by atoms with Crippen molar-refractivity contribution in [3.63, 3.8) is 0 Å². The number of hydrogen-bond donors (Lipinski definition) is 1. The first-order chi connectivity index (χ1) is 13.1. The van der Waals surface area contributed by atoms with Crippen LogP contribution in [0, 0.1) is 0 Å². The molecule has 0 saturated carbocycles. The summed E-state index contributed by atoms with van der Waals surface area (Å²) in [5.41, 5.74) is 0.715. The van der Waals surface area contributed by atoms with Crippen molar-refractivity contribution in [3.8, 4) is 11.5 Å². The van der Waals surface area contributed by atoms with Gasteiger partial charge in [-0.05, 0) is 37.1 Å². The Morgan fingerprint density at radius 2 is 1.74 bits per heavy atom. The summed E-state index contributed by atoms with van der Waals surface area (Å²) < 4.78 is 37.6. The molecule has 0 amide bonds. The molecule has 6 nitrogen and oxygen atoms in total. The van der Waals surface area contributed by atoms with E-state index in [-0.39, 0.29) is 27.8 Å². The van der Waals surface area contributed by atoms with Crippen LogP contribution >= 0.6 is 0 Å². The van der Waals surface area contributed by atoms with Gasteiger partial charge in [0, 0.05) is 18.7 Å². The van der Waals surface area contributed by atoms with E-state index in [0.29, 0.717) is 12.1 Å². The van der Waals surface area contributed by atoms with Gasteiger partial charge in [-0.1, -0.05) is 36.4 Å². The minimum absolute atomic E-state index is 0.0440. The first-order valence-electron chi connectivity index (χ1n) is 8.86. The molecule has 1 saturated heterocycles. The molecule has 0 spiro atoms. The first kappa shape index (κ1) is 17.8. The largest absolute Gasteiger partial charge is 0.419 e. The quantitative estimate of drug-likeness (QED) is 0.697. The van der Waals surface area contributed by atoms with Gasteiger partial charge in [-0.3, -0.25) is 0 Å². The van der Waals surface area contributed by atoms with Gasteiger partial charge in [-0.2, -0.15) is 4.98 Å². The second kappa shape index (κ2) is 7.54. The standard InChI is InChI=1S/C20H20N2O4S/c23-27(24,17-11-5-2-6-12-17)20-19(21-14-16-10-7-13-25-16)26-18(22-20)15-8-3-1-4-9-15/h1-6,8-9,11-12,16,21H,7,10,13-14H2. The fourth-order valence-corrected chi connectivity index (χ4v) is 4.33. The van der Waals surface area contributed by atoms with Gasteiger partial charge in [0.1, 0.15) is 0 Å². The number of aromatic nitrogens is 1. The highest BCUT2D eigenvalue weighted by molar-refractivity contribution is 7.91. The van der Waals surface area contributed by atoms with Crippen molar-refractivity contribution >= 4 is 15.7 Å². The molecule has 1 atom stereocenters. The zero-order valence-corrected chi connectivity index (χ0v) is 15.5. The van der Waals surface area contributed by atoms with Crippen LogP contribution < -0.4 is 5.32 Å². The van der Waals surface area contributed by atoms with Crippen molar-refractivity contribution in [1.29, 1.82) is 0 Å². The lowest BCUT2D eigenvalue weighted by atomic mass is 10.2. The predicted molar refractivity (Wildman–Crippen MR) is 101 cm³/mol. The molecule has 1 aromatic heterocycles. The summed E-state index contributed by atoms with van der Waals surface area (Å²) in [7, 11) is -3.81. The van der Waals surface area contributed by atoms with Gasteiger partial charge in [0.25, 0.3) is 0 Å². The molecular weight excluding hydrogens is 364 g/mol. The Balaban J connectivity index is 1.72. The minimum Gasteiger partial charge on any atom is -0.419 e. The summed E-state index contributed by atoms with van der Waals surface area (Å²) in [6, 6.07) is 17.5. The van der Waals surface area contributed by atoms with E-state index in [1.807, 2.05) is 30.3 Å². The Bertz CT molecular complexity index is 995. The molecule has 7 heteroatoms. The average molecular weight is 384 g/mol. The van der Waals surface area contributed by atoms with Crippen LogP contribution in [0.1, 0.15) is 12.8 Å². The van der Waals surface area contributed by atoms with Crippen LogP contribution in [0.5, 0.6) is 0 Å². The van der Waals surface area contributed by atoms with Crippen molar-refractivity contribution in [3.05, 3.63) is 60.7 Å². The molecule has 0 radical (unpaired) electrons. The Morgan fingerprint density at radius 1 is 1.04 bits per heavy atom. The molecule has 2 aromatic carbocycles. The first-order valence-corrected chi connectivity index (χ1v) is 10.3. The molecular formula is C20H20N2O4S. The van der Waals surface area contributed by atoms with Gasteiger partial charge in [-0.25, -0.2) is 8.42 Å². The Hall–Kier alpha value is -2.64. The van der Waals surface area contributed by atoms with E-state index >= 15 is 0 Å². The molecule has 0 bridgehead atoms. The van der Waals surface area contributed by atoms with Crippen LogP contribution in [-0.2, 0) is 14.6 Å². The number of benzene rings is 2. The monoisotopic (exact) mass is 384 g/mol. The van der Waals surface area contributed by atoms with E-state index in [9.17, 15) is 8.42 Å². The van der Waals surface area contributed by atoms with Gasteiger partial charge in [0.2, 0.25) is 26.6 Å². The molecule has 1 aliphatic heterocycles. The molecule has 140 valence electrons. The summed E-state index contributed by atoms with van der Waals surface area (Å²) in [4.78, 5) is 4.49. The second-order valence-corrected chi connectivity index (χ2v) is 8.22. The van der Waals surface area contributed by atoms with Crippen molar-refractivity contribution in [2.45, 2.75) is 28.9 Å². The fourth-order valence-electron chi connectivity index (χ4n) is 3.03. The summed E-state index contributed by atoms with van der Waals surface area (Å²) in [6.45, 7) is 1.20. The smallest absolute Gasteiger partial charge is 0.233 e. The molecule has 1 aliphatic rings. The maximum atomic E-state index is 13.1. The number of sulfone groups is 1.